The summed E-state index contributed by atoms with van der Waals surface area (Å²) in [5, 5.41) is 12.3. The van der Waals surface area contributed by atoms with Gasteiger partial charge in [0.15, 0.2) is 0 Å². The number of rotatable bonds is 7. The van der Waals surface area contributed by atoms with Gasteiger partial charge in [0.1, 0.15) is 11.8 Å². The number of aliphatic carboxylic acids is 1. The smallest absolute Gasteiger partial charge is 0.325 e. The van der Waals surface area contributed by atoms with E-state index >= 15 is 0 Å². The minimum Gasteiger partial charge on any atom is -0.496 e. The average molecular weight is 469 g/mol. The molecule has 7 nitrogen and oxygen atoms in total. The molecular formula is C22H26Cl2N2O5. The first kappa shape index (κ1) is 23.4. The molecule has 1 saturated carbocycles. The summed E-state index contributed by atoms with van der Waals surface area (Å²) in [4.78, 5) is 37.3. The molecule has 2 N–H and O–H groups in total. The van der Waals surface area contributed by atoms with Gasteiger partial charge in [0, 0.05) is 30.6 Å². The van der Waals surface area contributed by atoms with Crippen molar-refractivity contribution in [2.75, 3.05) is 20.2 Å². The van der Waals surface area contributed by atoms with E-state index in [0.717, 1.165) is 18.4 Å². The van der Waals surface area contributed by atoms with E-state index in [4.69, 9.17) is 33.0 Å². The predicted octanol–water partition coefficient (Wildman–Crippen LogP) is 3.72. The Labute approximate surface area is 191 Å². The minimum absolute atomic E-state index is 0.185. The Hall–Kier alpha value is -2.25. The Morgan fingerprint density at radius 2 is 1.84 bits per heavy atom. The maximum absolute atomic E-state index is 12.6. The zero-order valence-electron chi connectivity index (χ0n) is 17.5. The number of carboxylic acids is 1. The van der Waals surface area contributed by atoms with Crippen LogP contribution in [0.3, 0.4) is 0 Å². The first-order valence-electron chi connectivity index (χ1n) is 10.3. The van der Waals surface area contributed by atoms with Crippen LogP contribution in [-0.2, 0) is 14.4 Å². The third kappa shape index (κ3) is 5.52. The first-order chi connectivity index (χ1) is 14.7. The molecule has 31 heavy (non-hydrogen) atoms. The molecule has 3 rings (SSSR count). The molecule has 1 aromatic carbocycles. The summed E-state index contributed by atoms with van der Waals surface area (Å²) in [6, 6.07) is 0.862. The molecule has 1 heterocycles. The molecule has 0 aromatic heterocycles. The fourth-order valence-electron chi connectivity index (χ4n) is 3.70. The van der Waals surface area contributed by atoms with Crippen LogP contribution in [0.25, 0.3) is 6.08 Å². The Morgan fingerprint density at radius 3 is 2.39 bits per heavy atom. The monoisotopic (exact) mass is 468 g/mol. The van der Waals surface area contributed by atoms with Crippen molar-refractivity contribution in [3.8, 4) is 5.75 Å². The lowest BCUT2D eigenvalue weighted by Crippen LogP contribution is -2.46. The maximum Gasteiger partial charge on any atom is 0.325 e. The van der Waals surface area contributed by atoms with Gasteiger partial charge in [0.05, 0.1) is 17.2 Å². The van der Waals surface area contributed by atoms with Gasteiger partial charge in [-0.3, -0.25) is 14.4 Å². The molecule has 0 spiro atoms. The summed E-state index contributed by atoms with van der Waals surface area (Å²) in [5.74, 6) is -0.811. The lowest BCUT2D eigenvalue weighted by atomic mass is 9.95. The molecule has 1 unspecified atom stereocenters. The summed E-state index contributed by atoms with van der Waals surface area (Å²) in [6.45, 7) is 2.26. The van der Waals surface area contributed by atoms with Gasteiger partial charge in [0.25, 0.3) is 0 Å². The number of likely N-dealkylation sites (tertiary alicyclic amines) is 1. The molecular weight excluding hydrogens is 443 g/mol. The molecule has 1 atom stereocenters. The quantitative estimate of drug-likeness (QED) is 0.594. The number of hydrogen-bond donors (Lipinski definition) is 2. The number of carbonyl (C=O) groups excluding carboxylic acids is 2. The van der Waals surface area contributed by atoms with E-state index in [9.17, 15) is 14.4 Å². The first-order valence-corrected chi connectivity index (χ1v) is 11.0. The van der Waals surface area contributed by atoms with Crippen molar-refractivity contribution in [3.63, 3.8) is 0 Å². The van der Waals surface area contributed by atoms with Crippen molar-refractivity contribution in [2.45, 2.75) is 44.6 Å². The number of nitrogens with one attached hydrogen (secondary N) is 1. The number of amides is 2. The van der Waals surface area contributed by atoms with Gasteiger partial charge in [0.2, 0.25) is 11.8 Å². The Bertz CT molecular complexity index is 906. The molecule has 2 fully saturated rings. The zero-order chi connectivity index (χ0) is 22.7. The van der Waals surface area contributed by atoms with Crippen LogP contribution in [0.1, 0.15) is 49.7 Å². The molecule has 1 aromatic rings. The molecule has 9 heteroatoms. The second-order valence-electron chi connectivity index (χ2n) is 7.99. The molecule has 1 aliphatic carbocycles. The summed E-state index contributed by atoms with van der Waals surface area (Å²) in [5.41, 5.74) is 1.54. The van der Waals surface area contributed by atoms with Crippen molar-refractivity contribution in [2.24, 2.45) is 5.92 Å². The molecule has 0 bridgehead atoms. The van der Waals surface area contributed by atoms with E-state index in [1.54, 1.807) is 24.2 Å². The molecule has 1 aliphatic heterocycles. The molecule has 168 valence electrons. The molecule has 0 radical (unpaired) electrons. The summed E-state index contributed by atoms with van der Waals surface area (Å²) in [7, 11) is 1.58. The van der Waals surface area contributed by atoms with E-state index in [1.807, 2.05) is 0 Å². The SMILES string of the molecule is COc1cc(C=CC(=O)N2CCC(C(=O)NC(C)C(=O)O)CC2)c(Cl)c(Cl)c1C1CC1. The second-order valence-corrected chi connectivity index (χ2v) is 8.74. The van der Waals surface area contributed by atoms with E-state index in [0.29, 0.717) is 53.2 Å². The number of benzene rings is 1. The van der Waals surface area contributed by atoms with E-state index in [1.165, 1.54) is 13.0 Å². The standard InChI is InChI=1S/C22H26Cl2N2O5/c1-12(22(29)30)25-21(28)14-7-9-26(10-8-14)17(27)6-5-15-11-16(31-2)18(13-3-4-13)20(24)19(15)23/h5-6,11-14H,3-4,7-10H2,1-2H3,(H,25,28)(H,29,30). The van der Waals surface area contributed by atoms with Crippen LogP contribution in [0.5, 0.6) is 5.75 Å². The summed E-state index contributed by atoms with van der Waals surface area (Å²) < 4.78 is 5.48. The Kier molecular flexibility index (Phi) is 7.49. The number of halogens is 2. The number of hydrogen-bond acceptors (Lipinski definition) is 4. The van der Waals surface area contributed by atoms with Gasteiger partial charge >= 0.3 is 5.97 Å². The number of methoxy groups -OCH3 is 1. The van der Waals surface area contributed by atoms with E-state index in [-0.39, 0.29) is 17.7 Å². The highest BCUT2D eigenvalue weighted by Crippen LogP contribution is 2.50. The van der Waals surface area contributed by atoms with Gasteiger partial charge in [-0.25, -0.2) is 0 Å². The number of carbonyl (C=O) groups is 3. The summed E-state index contributed by atoms with van der Waals surface area (Å²) in [6.07, 6.45) is 6.15. The highest BCUT2D eigenvalue weighted by Gasteiger charge is 2.31. The fraction of sp³-hybridized carbons (Fsp3) is 0.500. The van der Waals surface area contributed by atoms with Crippen molar-refractivity contribution >= 4 is 47.1 Å². The van der Waals surface area contributed by atoms with Gasteiger partial charge in [-0.2, -0.15) is 0 Å². The van der Waals surface area contributed by atoms with Crippen LogP contribution in [0.4, 0.5) is 0 Å². The summed E-state index contributed by atoms with van der Waals surface area (Å²) >= 11 is 12.9. The molecule has 2 amide bonds. The van der Waals surface area contributed by atoms with Crippen LogP contribution < -0.4 is 10.1 Å². The lowest BCUT2D eigenvalue weighted by Gasteiger charge is -2.31. The Balaban J connectivity index is 1.61. The highest BCUT2D eigenvalue weighted by molar-refractivity contribution is 6.43. The minimum atomic E-state index is -1.08. The number of carboxylic acid groups (broad SMARTS) is 1. The van der Waals surface area contributed by atoms with Gasteiger partial charge in [-0.05, 0) is 56.2 Å². The zero-order valence-corrected chi connectivity index (χ0v) is 19.0. The predicted molar refractivity (Wildman–Crippen MR) is 119 cm³/mol. The van der Waals surface area contributed by atoms with Crippen molar-refractivity contribution < 1.29 is 24.2 Å². The van der Waals surface area contributed by atoms with Crippen LogP contribution in [0, 0.1) is 5.92 Å². The van der Waals surface area contributed by atoms with Crippen molar-refractivity contribution in [1.82, 2.24) is 10.2 Å². The van der Waals surface area contributed by atoms with Crippen LogP contribution in [0.15, 0.2) is 12.1 Å². The van der Waals surface area contributed by atoms with Gasteiger partial charge in [-0.1, -0.05) is 23.2 Å². The molecule has 2 aliphatic rings. The van der Waals surface area contributed by atoms with Gasteiger partial charge in [-0.15, -0.1) is 0 Å². The van der Waals surface area contributed by atoms with Crippen molar-refractivity contribution in [3.05, 3.63) is 33.3 Å². The second kappa shape index (κ2) is 9.92. The number of nitrogens with zero attached hydrogens (tertiary/aromatic N) is 1. The number of piperidine rings is 1. The number of ether oxygens (including phenoxy) is 1. The highest BCUT2D eigenvalue weighted by atomic mass is 35.5. The normalized spacial score (nSPS) is 18.1. The van der Waals surface area contributed by atoms with E-state index in [2.05, 4.69) is 5.32 Å². The largest absolute Gasteiger partial charge is 0.496 e. The third-order valence-corrected chi connectivity index (χ3v) is 6.65. The topological polar surface area (TPSA) is 95.9 Å². The van der Waals surface area contributed by atoms with E-state index < -0.39 is 12.0 Å². The fourth-order valence-corrected chi connectivity index (χ4v) is 4.28. The van der Waals surface area contributed by atoms with Gasteiger partial charge < -0.3 is 20.1 Å². The maximum atomic E-state index is 12.6. The van der Waals surface area contributed by atoms with Crippen LogP contribution >= 0.6 is 23.2 Å². The Morgan fingerprint density at radius 1 is 1.19 bits per heavy atom. The third-order valence-electron chi connectivity index (χ3n) is 5.75. The van der Waals surface area contributed by atoms with Crippen LogP contribution in [0.2, 0.25) is 10.0 Å². The lowest BCUT2D eigenvalue weighted by molar-refractivity contribution is -0.142. The van der Waals surface area contributed by atoms with Crippen LogP contribution in [-0.4, -0.2) is 54.0 Å². The average Bonchev–Trinajstić information content (AvgIpc) is 3.59. The molecule has 1 saturated heterocycles. The van der Waals surface area contributed by atoms with Crippen molar-refractivity contribution in [1.29, 1.82) is 0 Å².